The van der Waals surface area contributed by atoms with Gasteiger partial charge in [0.2, 0.25) is 6.79 Å². The van der Waals surface area contributed by atoms with Crippen molar-refractivity contribution >= 4 is 0 Å². The minimum Gasteiger partial charge on any atom is -0.335 e. The molecule has 2 aromatic carbocycles. The number of hydrogen-bond donors (Lipinski definition) is 0. The van der Waals surface area contributed by atoms with Crippen LogP contribution < -0.4 is 9.78 Å². The lowest BCUT2D eigenvalue weighted by Gasteiger charge is -2.05. The van der Waals surface area contributed by atoms with E-state index in [4.69, 9.17) is 19.6 Å². The van der Waals surface area contributed by atoms with Crippen LogP contribution >= 0.6 is 0 Å². The van der Waals surface area contributed by atoms with E-state index in [9.17, 15) is 0 Å². The molecule has 0 aliphatic rings. The third kappa shape index (κ3) is 4.14. The van der Waals surface area contributed by atoms with Crippen molar-refractivity contribution in [3.05, 3.63) is 60.7 Å². The van der Waals surface area contributed by atoms with Crippen molar-refractivity contribution in [3.63, 3.8) is 0 Å². The lowest BCUT2D eigenvalue weighted by atomic mass is 10.3. The zero-order valence-corrected chi connectivity index (χ0v) is 9.11. The largest absolute Gasteiger partial charge is 0.335 e. The molecule has 0 saturated carbocycles. The second kappa shape index (κ2) is 6.52. The first-order valence-corrected chi connectivity index (χ1v) is 5.14. The number of benzene rings is 2. The van der Waals surface area contributed by atoms with E-state index in [0.29, 0.717) is 11.5 Å². The molecular formula is C13H12O4. The van der Waals surface area contributed by atoms with Gasteiger partial charge in [-0.25, -0.2) is 0 Å². The Morgan fingerprint density at radius 2 is 1.00 bits per heavy atom. The van der Waals surface area contributed by atoms with Crippen LogP contribution in [0.5, 0.6) is 11.5 Å². The smallest absolute Gasteiger partial charge is 0.237 e. The second-order valence-electron chi connectivity index (χ2n) is 3.15. The molecule has 0 fully saturated rings. The Labute approximate surface area is 99.2 Å². The molecule has 4 heteroatoms. The van der Waals surface area contributed by atoms with Crippen LogP contribution in [0.25, 0.3) is 0 Å². The standard InChI is InChI=1S/C13H12O4/c1-3-7-12(8-4-1)16-14-11-15-17-13-9-5-2-6-10-13/h1-10H,11H2. The molecule has 0 radical (unpaired) electrons. The summed E-state index contributed by atoms with van der Waals surface area (Å²) in [4.78, 5) is 19.5. The van der Waals surface area contributed by atoms with Gasteiger partial charge in [0, 0.05) is 0 Å². The molecule has 0 heterocycles. The zero-order valence-electron chi connectivity index (χ0n) is 9.11. The number of rotatable bonds is 6. The summed E-state index contributed by atoms with van der Waals surface area (Å²) in [5.41, 5.74) is 0. The summed E-state index contributed by atoms with van der Waals surface area (Å²) in [5, 5.41) is 0. The highest BCUT2D eigenvalue weighted by molar-refractivity contribution is 5.20. The summed E-state index contributed by atoms with van der Waals surface area (Å²) in [6.45, 7) is -0.121. The molecule has 0 atom stereocenters. The summed E-state index contributed by atoms with van der Waals surface area (Å²) < 4.78 is 0. The first kappa shape index (κ1) is 11.4. The van der Waals surface area contributed by atoms with E-state index in [1.165, 1.54) is 0 Å². The maximum Gasteiger partial charge on any atom is 0.237 e. The highest BCUT2D eigenvalue weighted by Crippen LogP contribution is 2.10. The molecule has 0 N–H and O–H groups in total. The maximum atomic E-state index is 4.94. The predicted molar refractivity (Wildman–Crippen MR) is 61.2 cm³/mol. The van der Waals surface area contributed by atoms with Gasteiger partial charge in [-0.05, 0) is 24.3 Å². The van der Waals surface area contributed by atoms with Crippen molar-refractivity contribution in [2.75, 3.05) is 6.79 Å². The normalized spacial score (nSPS) is 9.88. The summed E-state index contributed by atoms with van der Waals surface area (Å²) in [6, 6.07) is 18.3. The summed E-state index contributed by atoms with van der Waals surface area (Å²) in [7, 11) is 0. The van der Waals surface area contributed by atoms with Crippen molar-refractivity contribution in [2.24, 2.45) is 0 Å². The molecule has 17 heavy (non-hydrogen) atoms. The fraction of sp³-hybridized carbons (Fsp3) is 0.0769. The van der Waals surface area contributed by atoms with Crippen LogP contribution in [0.4, 0.5) is 0 Å². The molecule has 0 unspecified atom stereocenters. The lowest BCUT2D eigenvalue weighted by molar-refractivity contribution is -0.348. The Bertz CT molecular complexity index is 374. The van der Waals surface area contributed by atoms with Gasteiger partial charge in [-0.3, -0.25) is 0 Å². The average Bonchev–Trinajstić information content (AvgIpc) is 2.41. The van der Waals surface area contributed by atoms with E-state index in [2.05, 4.69) is 0 Å². The minimum absolute atomic E-state index is 0.121. The highest BCUT2D eigenvalue weighted by Gasteiger charge is 1.95. The topological polar surface area (TPSA) is 36.9 Å². The van der Waals surface area contributed by atoms with E-state index < -0.39 is 0 Å². The average molecular weight is 232 g/mol. The molecule has 4 nitrogen and oxygen atoms in total. The minimum atomic E-state index is -0.121. The molecule has 0 aromatic heterocycles. The van der Waals surface area contributed by atoms with Gasteiger partial charge >= 0.3 is 0 Å². The van der Waals surface area contributed by atoms with Gasteiger partial charge in [-0.1, -0.05) is 36.4 Å². The van der Waals surface area contributed by atoms with Gasteiger partial charge in [0.25, 0.3) is 0 Å². The van der Waals surface area contributed by atoms with Crippen molar-refractivity contribution in [3.8, 4) is 11.5 Å². The highest BCUT2D eigenvalue weighted by atomic mass is 17.3. The van der Waals surface area contributed by atoms with Crippen molar-refractivity contribution in [1.82, 2.24) is 0 Å². The van der Waals surface area contributed by atoms with Crippen molar-refractivity contribution in [1.29, 1.82) is 0 Å². The molecule has 0 spiro atoms. The van der Waals surface area contributed by atoms with Gasteiger partial charge in [0.15, 0.2) is 11.5 Å². The van der Waals surface area contributed by atoms with Crippen LogP contribution in [0.2, 0.25) is 0 Å². The number of hydrogen-bond acceptors (Lipinski definition) is 4. The molecule has 0 aliphatic heterocycles. The van der Waals surface area contributed by atoms with E-state index in [1.807, 2.05) is 36.4 Å². The third-order valence-corrected chi connectivity index (χ3v) is 1.89. The maximum absolute atomic E-state index is 4.94. The molecule has 2 rings (SSSR count). The molecule has 0 amide bonds. The Morgan fingerprint density at radius 3 is 1.41 bits per heavy atom. The number of para-hydroxylation sites is 2. The Balaban J connectivity index is 1.61. The lowest BCUT2D eigenvalue weighted by Crippen LogP contribution is -2.06. The Hall–Kier alpha value is -2.04. The molecule has 0 bridgehead atoms. The molecule has 0 saturated heterocycles. The SMILES string of the molecule is c1ccc(OOCOOc2ccccc2)cc1. The predicted octanol–water partition coefficient (Wildman–Crippen LogP) is 2.97. The van der Waals surface area contributed by atoms with Gasteiger partial charge in [0.1, 0.15) is 0 Å². The monoisotopic (exact) mass is 232 g/mol. The Morgan fingerprint density at radius 1 is 0.588 bits per heavy atom. The van der Waals surface area contributed by atoms with Crippen LogP contribution in [-0.4, -0.2) is 6.79 Å². The molecule has 88 valence electrons. The quantitative estimate of drug-likeness (QED) is 0.332. The van der Waals surface area contributed by atoms with E-state index in [-0.39, 0.29) is 6.79 Å². The van der Waals surface area contributed by atoms with E-state index in [0.717, 1.165) is 0 Å². The van der Waals surface area contributed by atoms with Crippen LogP contribution in [0.15, 0.2) is 60.7 Å². The van der Waals surface area contributed by atoms with Crippen molar-refractivity contribution < 1.29 is 19.6 Å². The van der Waals surface area contributed by atoms with E-state index >= 15 is 0 Å². The summed E-state index contributed by atoms with van der Waals surface area (Å²) in [6.07, 6.45) is 0. The van der Waals surface area contributed by atoms with Crippen LogP contribution in [0, 0.1) is 0 Å². The fourth-order valence-corrected chi connectivity index (χ4v) is 1.16. The zero-order chi connectivity index (χ0) is 11.8. The van der Waals surface area contributed by atoms with Gasteiger partial charge in [0.05, 0.1) is 0 Å². The molecular weight excluding hydrogens is 220 g/mol. The second-order valence-corrected chi connectivity index (χ2v) is 3.15. The summed E-state index contributed by atoms with van der Waals surface area (Å²) >= 11 is 0. The van der Waals surface area contributed by atoms with Crippen LogP contribution in [0.3, 0.4) is 0 Å². The van der Waals surface area contributed by atoms with Gasteiger partial charge in [-0.2, -0.15) is 9.78 Å². The van der Waals surface area contributed by atoms with Crippen LogP contribution in [0.1, 0.15) is 0 Å². The first-order valence-electron chi connectivity index (χ1n) is 5.14. The van der Waals surface area contributed by atoms with Crippen molar-refractivity contribution in [2.45, 2.75) is 0 Å². The van der Waals surface area contributed by atoms with Gasteiger partial charge < -0.3 is 9.78 Å². The first-order chi connectivity index (χ1) is 8.45. The summed E-state index contributed by atoms with van der Waals surface area (Å²) in [5.74, 6) is 1.21. The van der Waals surface area contributed by atoms with Gasteiger partial charge in [-0.15, -0.1) is 0 Å². The third-order valence-electron chi connectivity index (χ3n) is 1.89. The van der Waals surface area contributed by atoms with E-state index in [1.54, 1.807) is 24.3 Å². The molecule has 2 aromatic rings. The van der Waals surface area contributed by atoms with Crippen LogP contribution in [-0.2, 0) is 9.78 Å². The fourth-order valence-electron chi connectivity index (χ4n) is 1.16. The Kier molecular flexibility index (Phi) is 4.39. The molecule has 0 aliphatic carbocycles.